The van der Waals surface area contributed by atoms with Gasteiger partial charge in [0.05, 0.1) is 0 Å². The van der Waals surface area contributed by atoms with Crippen LogP contribution in [0, 0.1) is 17.0 Å². The van der Waals surface area contributed by atoms with Gasteiger partial charge in [-0.15, -0.1) is 0 Å². The summed E-state index contributed by atoms with van der Waals surface area (Å²) in [7, 11) is 0. The lowest BCUT2D eigenvalue weighted by Gasteiger charge is -2.27. The van der Waals surface area contributed by atoms with Crippen molar-refractivity contribution in [2.75, 3.05) is 6.61 Å². The third kappa shape index (κ3) is 3.27. The van der Waals surface area contributed by atoms with Gasteiger partial charge >= 0.3 is 0 Å². The van der Waals surface area contributed by atoms with Crippen LogP contribution >= 0.6 is 0 Å². The zero-order chi connectivity index (χ0) is 12.2. The maximum atomic E-state index is 13.4. The normalized spacial score (nSPS) is 14.8. The molecule has 0 aliphatic carbocycles. The third-order valence-electron chi connectivity index (χ3n) is 2.86. The number of hydrogen-bond acceptors (Lipinski definition) is 1. The summed E-state index contributed by atoms with van der Waals surface area (Å²) < 4.78 is 26.4. The highest BCUT2D eigenvalue weighted by Gasteiger charge is 2.24. The molecule has 1 N–H and O–H groups in total. The van der Waals surface area contributed by atoms with Crippen LogP contribution in [0.25, 0.3) is 0 Å². The predicted molar refractivity (Wildman–Crippen MR) is 60.2 cm³/mol. The van der Waals surface area contributed by atoms with E-state index in [9.17, 15) is 13.9 Å². The molecule has 0 aromatic heterocycles. The summed E-state index contributed by atoms with van der Waals surface area (Å²) in [6, 6.07) is 3.45. The summed E-state index contributed by atoms with van der Waals surface area (Å²) in [5.74, 6) is -0.842. The first kappa shape index (κ1) is 13.1. The molecule has 1 atom stereocenters. The van der Waals surface area contributed by atoms with Gasteiger partial charge in [0.1, 0.15) is 11.6 Å². The summed E-state index contributed by atoms with van der Waals surface area (Å²) >= 11 is 0. The molecule has 1 unspecified atom stereocenters. The number of aliphatic hydroxyl groups excluding tert-OH is 1. The van der Waals surface area contributed by atoms with Crippen LogP contribution in [-0.2, 0) is 6.42 Å². The zero-order valence-corrected chi connectivity index (χ0v) is 9.76. The Labute approximate surface area is 95.1 Å². The average molecular weight is 228 g/mol. The Balaban J connectivity index is 2.89. The summed E-state index contributed by atoms with van der Waals surface area (Å²) in [6.07, 6.45) is 2.06. The van der Waals surface area contributed by atoms with Crippen molar-refractivity contribution >= 4 is 0 Å². The van der Waals surface area contributed by atoms with Gasteiger partial charge in [-0.2, -0.15) is 0 Å². The molecule has 1 aromatic rings. The second-order valence-corrected chi connectivity index (χ2v) is 4.63. The lowest BCUT2D eigenvalue weighted by Crippen LogP contribution is -2.24. The van der Waals surface area contributed by atoms with E-state index in [1.807, 2.05) is 13.8 Å². The maximum Gasteiger partial charge on any atom is 0.126 e. The van der Waals surface area contributed by atoms with E-state index in [4.69, 9.17) is 0 Å². The van der Waals surface area contributed by atoms with E-state index in [1.54, 1.807) is 0 Å². The third-order valence-corrected chi connectivity index (χ3v) is 2.86. The molecule has 90 valence electrons. The van der Waals surface area contributed by atoms with Gasteiger partial charge in [0, 0.05) is 6.61 Å². The summed E-state index contributed by atoms with van der Waals surface area (Å²) in [5, 5.41) is 9.32. The number of rotatable bonds is 5. The Morgan fingerprint density at radius 1 is 1.31 bits per heavy atom. The van der Waals surface area contributed by atoms with Gasteiger partial charge in [-0.25, -0.2) is 8.78 Å². The van der Waals surface area contributed by atoms with E-state index in [1.165, 1.54) is 6.07 Å². The summed E-state index contributed by atoms with van der Waals surface area (Å²) in [6.45, 7) is 3.88. The first-order valence-electron chi connectivity index (χ1n) is 5.55. The van der Waals surface area contributed by atoms with Crippen molar-refractivity contribution < 1.29 is 13.9 Å². The number of benzene rings is 1. The first-order chi connectivity index (χ1) is 7.50. The molecule has 0 fully saturated rings. The van der Waals surface area contributed by atoms with Crippen LogP contribution in [0.5, 0.6) is 0 Å². The van der Waals surface area contributed by atoms with E-state index >= 15 is 0 Å². The molecule has 0 aliphatic heterocycles. The monoisotopic (exact) mass is 228 g/mol. The highest BCUT2D eigenvalue weighted by Crippen LogP contribution is 2.28. The first-order valence-corrected chi connectivity index (χ1v) is 5.55. The predicted octanol–water partition coefficient (Wildman–Crippen LogP) is 3.31. The molecular formula is C13H18F2O. The Morgan fingerprint density at radius 3 is 2.56 bits per heavy atom. The van der Waals surface area contributed by atoms with Crippen molar-refractivity contribution in [1.29, 1.82) is 0 Å². The van der Waals surface area contributed by atoms with Crippen LogP contribution in [0.4, 0.5) is 8.78 Å². The van der Waals surface area contributed by atoms with Gasteiger partial charge < -0.3 is 5.11 Å². The molecule has 0 saturated carbocycles. The minimum Gasteiger partial charge on any atom is -0.396 e. The van der Waals surface area contributed by atoms with Crippen LogP contribution in [-0.4, -0.2) is 11.7 Å². The molecule has 0 saturated heterocycles. The van der Waals surface area contributed by atoms with Gasteiger partial charge in [-0.3, -0.25) is 0 Å². The van der Waals surface area contributed by atoms with Crippen LogP contribution in [0.2, 0.25) is 0 Å². The molecule has 0 amide bonds. The molecule has 0 bridgehead atoms. The van der Waals surface area contributed by atoms with E-state index in [2.05, 4.69) is 0 Å². The Kier molecular flexibility index (Phi) is 4.42. The van der Waals surface area contributed by atoms with E-state index < -0.39 is 11.6 Å². The van der Waals surface area contributed by atoms with Gasteiger partial charge in [-0.05, 0) is 42.0 Å². The molecule has 0 spiro atoms. The minimum atomic E-state index is -0.437. The second kappa shape index (κ2) is 5.39. The van der Waals surface area contributed by atoms with Crippen molar-refractivity contribution in [3.8, 4) is 0 Å². The van der Waals surface area contributed by atoms with Crippen LogP contribution < -0.4 is 0 Å². The highest BCUT2D eigenvalue weighted by molar-refractivity contribution is 5.20. The van der Waals surface area contributed by atoms with Gasteiger partial charge in [-0.1, -0.05) is 20.3 Å². The Hall–Kier alpha value is -0.960. The second-order valence-electron chi connectivity index (χ2n) is 4.63. The molecule has 0 radical (unpaired) electrons. The fourth-order valence-electron chi connectivity index (χ4n) is 1.97. The molecule has 0 aliphatic rings. The molecule has 16 heavy (non-hydrogen) atoms. The molecular weight excluding hydrogens is 210 g/mol. The Morgan fingerprint density at radius 2 is 2.00 bits per heavy atom. The fraction of sp³-hybridized carbons (Fsp3) is 0.538. The molecule has 3 heteroatoms. The van der Waals surface area contributed by atoms with E-state index in [0.717, 1.165) is 25.0 Å². The number of halogens is 2. The zero-order valence-electron chi connectivity index (χ0n) is 9.76. The van der Waals surface area contributed by atoms with Gasteiger partial charge in [0.15, 0.2) is 0 Å². The molecule has 1 aromatic carbocycles. The lowest BCUT2D eigenvalue weighted by molar-refractivity contribution is 0.130. The van der Waals surface area contributed by atoms with Gasteiger partial charge in [0.2, 0.25) is 0 Å². The summed E-state index contributed by atoms with van der Waals surface area (Å²) in [5.41, 5.74) is -0.0337. The standard InChI is InChI=1S/C13H18F2O/c1-3-6-13(2,9-16)8-10-7-11(14)4-5-12(10)15/h4-5,7,16H,3,6,8-9H2,1-2H3. The largest absolute Gasteiger partial charge is 0.396 e. The van der Waals surface area contributed by atoms with Crippen molar-refractivity contribution in [1.82, 2.24) is 0 Å². The van der Waals surface area contributed by atoms with Crippen LogP contribution in [0.1, 0.15) is 32.3 Å². The minimum absolute atomic E-state index is 0.0171. The average Bonchev–Trinajstić information content (AvgIpc) is 2.24. The molecule has 1 nitrogen and oxygen atoms in total. The van der Waals surface area contributed by atoms with Crippen LogP contribution in [0.3, 0.4) is 0 Å². The van der Waals surface area contributed by atoms with Crippen molar-refractivity contribution in [3.05, 3.63) is 35.4 Å². The van der Waals surface area contributed by atoms with E-state index in [-0.39, 0.29) is 12.0 Å². The number of aliphatic hydroxyl groups is 1. The SMILES string of the molecule is CCCC(C)(CO)Cc1cc(F)ccc1F. The van der Waals surface area contributed by atoms with E-state index in [0.29, 0.717) is 12.0 Å². The highest BCUT2D eigenvalue weighted by atomic mass is 19.1. The van der Waals surface area contributed by atoms with Crippen molar-refractivity contribution in [2.24, 2.45) is 5.41 Å². The number of hydrogen-bond donors (Lipinski definition) is 1. The molecule has 1 rings (SSSR count). The topological polar surface area (TPSA) is 20.2 Å². The van der Waals surface area contributed by atoms with Crippen molar-refractivity contribution in [2.45, 2.75) is 33.1 Å². The van der Waals surface area contributed by atoms with Gasteiger partial charge in [0.25, 0.3) is 0 Å². The van der Waals surface area contributed by atoms with Crippen LogP contribution in [0.15, 0.2) is 18.2 Å². The molecule has 0 heterocycles. The van der Waals surface area contributed by atoms with Crippen molar-refractivity contribution in [3.63, 3.8) is 0 Å². The summed E-state index contributed by atoms with van der Waals surface area (Å²) in [4.78, 5) is 0. The lowest BCUT2D eigenvalue weighted by atomic mass is 9.80. The fourth-order valence-corrected chi connectivity index (χ4v) is 1.97. The smallest absolute Gasteiger partial charge is 0.126 e. The maximum absolute atomic E-state index is 13.4. The Bertz CT molecular complexity index is 352. The quantitative estimate of drug-likeness (QED) is 0.819.